The summed E-state index contributed by atoms with van der Waals surface area (Å²) in [6.07, 6.45) is 3.84. The third-order valence-electron chi connectivity index (χ3n) is 4.48. The highest BCUT2D eigenvalue weighted by molar-refractivity contribution is 9.10. The molecule has 1 saturated carbocycles. The zero-order chi connectivity index (χ0) is 14.7. The van der Waals surface area contributed by atoms with E-state index in [1.54, 1.807) is 0 Å². The zero-order valence-electron chi connectivity index (χ0n) is 12.8. The zero-order valence-corrected chi connectivity index (χ0v) is 14.4. The maximum absolute atomic E-state index is 5.59. The van der Waals surface area contributed by atoms with E-state index in [-0.39, 0.29) is 0 Å². The molecule has 21 heavy (non-hydrogen) atoms. The third kappa shape index (κ3) is 4.28. The summed E-state index contributed by atoms with van der Waals surface area (Å²) in [6.45, 7) is 7.01. The lowest BCUT2D eigenvalue weighted by atomic mass is 10.1. The molecule has 0 amide bonds. The third-order valence-corrected chi connectivity index (χ3v) is 5.22. The van der Waals surface area contributed by atoms with Crippen LogP contribution in [-0.4, -0.2) is 36.7 Å². The second-order valence-electron chi connectivity index (χ2n) is 6.19. The average molecular weight is 353 g/mol. The van der Waals surface area contributed by atoms with E-state index in [0.29, 0.717) is 6.04 Å². The van der Waals surface area contributed by atoms with Crippen molar-refractivity contribution in [2.24, 2.45) is 0 Å². The molecule has 1 heterocycles. The van der Waals surface area contributed by atoms with Crippen LogP contribution in [0.4, 0.5) is 0 Å². The number of rotatable bonds is 6. The van der Waals surface area contributed by atoms with Gasteiger partial charge in [0.05, 0.1) is 13.2 Å². The lowest BCUT2D eigenvalue weighted by Gasteiger charge is -2.35. The van der Waals surface area contributed by atoms with Crippen molar-refractivity contribution >= 4 is 15.9 Å². The molecule has 1 aliphatic heterocycles. The van der Waals surface area contributed by atoms with E-state index < -0.39 is 0 Å². The fourth-order valence-corrected chi connectivity index (χ4v) is 3.42. The van der Waals surface area contributed by atoms with Crippen molar-refractivity contribution in [2.75, 3.05) is 19.8 Å². The molecule has 1 N–H and O–H groups in total. The minimum absolute atomic E-state index is 0.557. The SMILES string of the molecule is CCC1COCCN1Cc1ccc(CNC2CC2)cc1Br. The molecule has 0 bridgehead atoms. The number of benzene rings is 1. The minimum Gasteiger partial charge on any atom is -0.378 e. The van der Waals surface area contributed by atoms with Crippen LogP contribution in [0.15, 0.2) is 22.7 Å². The molecule has 1 atom stereocenters. The summed E-state index contributed by atoms with van der Waals surface area (Å²) in [4.78, 5) is 2.55. The highest BCUT2D eigenvalue weighted by Crippen LogP contribution is 2.24. The van der Waals surface area contributed by atoms with Crippen LogP contribution in [0.2, 0.25) is 0 Å². The molecule has 116 valence electrons. The van der Waals surface area contributed by atoms with Gasteiger partial charge in [-0.05, 0) is 36.5 Å². The molecular formula is C17H25BrN2O. The van der Waals surface area contributed by atoms with Gasteiger partial charge in [-0.3, -0.25) is 4.90 Å². The van der Waals surface area contributed by atoms with E-state index in [1.165, 1.54) is 28.4 Å². The second-order valence-corrected chi connectivity index (χ2v) is 7.04. The van der Waals surface area contributed by atoms with E-state index in [0.717, 1.165) is 45.3 Å². The standard InChI is InChI=1S/C17H25BrN2O/c1-2-16-12-21-8-7-20(16)11-14-4-3-13(9-17(14)18)10-19-15-5-6-15/h3-4,9,15-16,19H,2,5-8,10-12H2,1H3. The van der Waals surface area contributed by atoms with Gasteiger partial charge in [-0.25, -0.2) is 0 Å². The molecule has 0 radical (unpaired) electrons. The monoisotopic (exact) mass is 352 g/mol. The van der Waals surface area contributed by atoms with Crippen LogP contribution < -0.4 is 5.32 Å². The molecule has 2 aliphatic rings. The number of nitrogens with one attached hydrogen (secondary N) is 1. The summed E-state index contributed by atoms with van der Waals surface area (Å²) in [6, 6.07) is 8.13. The fraction of sp³-hybridized carbons (Fsp3) is 0.647. The molecule has 1 aromatic carbocycles. The lowest BCUT2D eigenvalue weighted by Crippen LogP contribution is -2.44. The van der Waals surface area contributed by atoms with E-state index >= 15 is 0 Å². The van der Waals surface area contributed by atoms with Crippen molar-refractivity contribution < 1.29 is 4.74 Å². The Bertz CT molecular complexity index is 476. The van der Waals surface area contributed by atoms with E-state index in [4.69, 9.17) is 4.74 Å². The second kappa shape index (κ2) is 7.23. The molecule has 1 unspecified atom stereocenters. The normalized spacial score (nSPS) is 23.4. The Hall–Kier alpha value is -0.420. The molecule has 4 heteroatoms. The maximum atomic E-state index is 5.59. The molecule has 3 rings (SSSR count). The average Bonchev–Trinajstić information content (AvgIpc) is 3.32. The van der Waals surface area contributed by atoms with Gasteiger partial charge in [-0.1, -0.05) is 35.0 Å². The summed E-state index contributed by atoms with van der Waals surface area (Å²) < 4.78 is 6.82. The predicted octanol–water partition coefficient (Wildman–Crippen LogP) is 3.31. The van der Waals surface area contributed by atoms with Gasteiger partial charge in [0.25, 0.3) is 0 Å². The van der Waals surface area contributed by atoms with Crippen LogP contribution in [0.25, 0.3) is 0 Å². The van der Waals surface area contributed by atoms with Gasteiger partial charge in [-0.15, -0.1) is 0 Å². The van der Waals surface area contributed by atoms with Crippen molar-refractivity contribution in [3.63, 3.8) is 0 Å². The summed E-state index contributed by atoms with van der Waals surface area (Å²) >= 11 is 3.75. The first kappa shape index (κ1) is 15.5. The van der Waals surface area contributed by atoms with Gasteiger partial charge in [0.1, 0.15) is 0 Å². The van der Waals surface area contributed by atoms with Gasteiger partial charge < -0.3 is 10.1 Å². The minimum atomic E-state index is 0.557. The van der Waals surface area contributed by atoms with E-state index in [1.807, 2.05) is 0 Å². The molecular weight excluding hydrogens is 328 g/mol. The maximum Gasteiger partial charge on any atom is 0.0622 e. The number of nitrogens with zero attached hydrogens (tertiary/aromatic N) is 1. The van der Waals surface area contributed by atoms with Crippen LogP contribution in [0.3, 0.4) is 0 Å². The predicted molar refractivity (Wildman–Crippen MR) is 89.3 cm³/mol. The lowest BCUT2D eigenvalue weighted by molar-refractivity contribution is -0.0128. The molecule has 3 nitrogen and oxygen atoms in total. The van der Waals surface area contributed by atoms with Crippen LogP contribution in [0, 0.1) is 0 Å². The van der Waals surface area contributed by atoms with Crippen molar-refractivity contribution in [2.45, 2.75) is 51.4 Å². The van der Waals surface area contributed by atoms with Gasteiger partial charge in [0, 0.05) is 36.2 Å². The number of hydrogen-bond donors (Lipinski definition) is 1. The van der Waals surface area contributed by atoms with E-state index in [9.17, 15) is 0 Å². The first-order chi connectivity index (χ1) is 10.3. The van der Waals surface area contributed by atoms with E-state index in [2.05, 4.69) is 51.3 Å². The fourth-order valence-electron chi connectivity index (χ4n) is 2.87. The quantitative estimate of drug-likeness (QED) is 0.849. The highest BCUT2D eigenvalue weighted by Gasteiger charge is 2.22. The van der Waals surface area contributed by atoms with Gasteiger partial charge >= 0.3 is 0 Å². The highest BCUT2D eigenvalue weighted by atomic mass is 79.9. The molecule has 1 aliphatic carbocycles. The van der Waals surface area contributed by atoms with Crippen LogP contribution in [0.1, 0.15) is 37.3 Å². The van der Waals surface area contributed by atoms with Crippen molar-refractivity contribution in [3.8, 4) is 0 Å². The Morgan fingerprint density at radius 3 is 2.95 bits per heavy atom. The molecule has 2 fully saturated rings. The smallest absolute Gasteiger partial charge is 0.0622 e. The van der Waals surface area contributed by atoms with Crippen LogP contribution in [0.5, 0.6) is 0 Å². The van der Waals surface area contributed by atoms with Crippen LogP contribution >= 0.6 is 15.9 Å². The molecule has 0 aromatic heterocycles. The van der Waals surface area contributed by atoms with Gasteiger partial charge in [-0.2, -0.15) is 0 Å². The number of hydrogen-bond acceptors (Lipinski definition) is 3. The van der Waals surface area contributed by atoms with Crippen molar-refractivity contribution in [1.82, 2.24) is 10.2 Å². The topological polar surface area (TPSA) is 24.5 Å². The van der Waals surface area contributed by atoms with Gasteiger partial charge in [0.15, 0.2) is 0 Å². The Kier molecular flexibility index (Phi) is 5.33. The van der Waals surface area contributed by atoms with Gasteiger partial charge in [0.2, 0.25) is 0 Å². The number of morpholine rings is 1. The largest absolute Gasteiger partial charge is 0.378 e. The molecule has 1 saturated heterocycles. The molecule has 0 spiro atoms. The Balaban J connectivity index is 1.61. The Morgan fingerprint density at radius 2 is 2.24 bits per heavy atom. The van der Waals surface area contributed by atoms with Crippen LogP contribution in [-0.2, 0) is 17.8 Å². The number of halogens is 1. The summed E-state index contributed by atoms with van der Waals surface area (Å²) in [7, 11) is 0. The van der Waals surface area contributed by atoms with Crippen molar-refractivity contribution in [1.29, 1.82) is 0 Å². The van der Waals surface area contributed by atoms with Crippen molar-refractivity contribution in [3.05, 3.63) is 33.8 Å². The summed E-state index contributed by atoms with van der Waals surface area (Å²) in [5.74, 6) is 0. The first-order valence-electron chi connectivity index (χ1n) is 8.08. The number of ether oxygens (including phenoxy) is 1. The summed E-state index contributed by atoms with van der Waals surface area (Å²) in [5, 5.41) is 3.57. The first-order valence-corrected chi connectivity index (χ1v) is 8.88. The Labute approximate surface area is 136 Å². The molecule has 1 aromatic rings. The summed E-state index contributed by atoms with van der Waals surface area (Å²) in [5.41, 5.74) is 2.75. The Morgan fingerprint density at radius 1 is 1.38 bits per heavy atom.